The van der Waals surface area contributed by atoms with Gasteiger partial charge in [-0.1, -0.05) is 11.8 Å². The van der Waals surface area contributed by atoms with Crippen LogP contribution in [0.15, 0.2) is 5.10 Å². The SMILES string of the molecule is CC(C)OC1=NNC(=O)CS1. The Morgan fingerprint density at radius 3 is 2.91 bits per heavy atom. The molecule has 0 aromatic carbocycles. The van der Waals surface area contributed by atoms with Crippen molar-refractivity contribution in [2.75, 3.05) is 5.75 Å². The lowest BCUT2D eigenvalue weighted by molar-refractivity contribution is -0.118. The maximum Gasteiger partial charge on any atom is 0.268 e. The van der Waals surface area contributed by atoms with Crippen molar-refractivity contribution in [2.45, 2.75) is 20.0 Å². The first kappa shape index (κ1) is 8.39. The molecule has 0 saturated heterocycles. The van der Waals surface area contributed by atoms with Crippen molar-refractivity contribution in [3.63, 3.8) is 0 Å². The minimum atomic E-state index is -0.0777. The Balaban J connectivity index is 2.41. The minimum absolute atomic E-state index is 0.0777. The van der Waals surface area contributed by atoms with E-state index in [1.165, 1.54) is 11.8 Å². The smallest absolute Gasteiger partial charge is 0.268 e. The molecule has 1 aliphatic rings. The summed E-state index contributed by atoms with van der Waals surface area (Å²) in [5, 5.41) is 4.25. The van der Waals surface area contributed by atoms with Crippen LogP contribution in [0, 0.1) is 0 Å². The van der Waals surface area contributed by atoms with Crippen LogP contribution >= 0.6 is 11.8 Å². The van der Waals surface area contributed by atoms with Gasteiger partial charge in [0.15, 0.2) is 0 Å². The van der Waals surface area contributed by atoms with Crippen LogP contribution in [0.3, 0.4) is 0 Å². The molecule has 1 rings (SSSR count). The summed E-state index contributed by atoms with van der Waals surface area (Å²) in [6.45, 7) is 3.83. The summed E-state index contributed by atoms with van der Waals surface area (Å²) in [7, 11) is 0. The van der Waals surface area contributed by atoms with Crippen LogP contribution in [0.2, 0.25) is 0 Å². The Morgan fingerprint density at radius 2 is 2.45 bits per heavy atom. The van der Waals surface area contributed by atoms with E-state index in [0.29, 0.717) is 11.0 Å². The van der Waals surface area contributed by atoms with Crippen LogP contribution in [0.5, 0.6) is 0 Å². The summed E-state index contributed by atoms with van der Waals surface area (Å²) in [5.41, 5.74) is 2.34. The molecule has 4 nitrogen and oxygen atoms in total. The summed E-state index contributed by atoms with van der Waals surface area (Å²) in [6.07, 6.45) is 0.108. The fourth-order valence-electron chi connectivity index (χ4n) is 0.562. The van der Waals surface area contributed by atoms with Gasteiger partial charge in [-0.15, -0.1) is 5.10 Å². The summed E-state index contributed by atoms with van der Waals surface area (Å²) in [4.78, 5) is 10.6. The quantitative estimate of drug-likeness (QED) is 0.631. The second-order valence-electron chi connectivity index (χ2n) is 2.37. The molecule has 1 amide bonds. The zero-order chi connectivity index (χ0) is 8.27. The Labute approximate surface area is 69.4 Å². The number of carbonyl (C=O) groups is 1. The van der Waals surface area contributed by atoms with Gasteiger partial charge in [-0.2, -0.15) is 0 Å². The lowest BCUT2D eigenvalue weighted by Crippen LogP contribution is -2.28. The van der Waals surface area contributed by atoms with Gasteiger partial charge < -0.3 is 4.74 Å². The summed E-state index contributed by atoms with van der Waals surface area (Å²) in [5.74, 6) is 0.317. The maximum atomic E-state index is 10.6. The molecule has 0 radical (unpaired) electrons. The fourth-order valence-corrected chi connectivity index (χ4v) is 1.25. The third-order valence-corrected chi connectivity index (χ3v) is 1.78. The zero-order valence-corrected chi connectivity index (χ0v) is 7.27. The van der Waals surface area contributed by atoms with E-state index in [9.17, 15) is 4.79 Å². The third kappa shape index (κ3) is 2.80. The van der Waals surface area contributed by atoms with Crippen molar-refractivity contribution in [1.29, 1.82) is 0 Å². The van der Waals surface area contributed by atoms with E-state index in [4.69, 9.17) is 4.74 Å². The molecule has 0 saturated carbocycles. The van der Waals surface area contributed by atoms with Crippen molar-refractivity contribution < 1.29 is 9.53 Å². The average molecular weight is 174 g/mol. The highest BCUT2D eigenvalue weighted by Crippen LogP contribution is 2.10. The van der Waals surface area contributed by atoms with Gasteiger partial charge in [0.25, 0.3) is 11.1 Å². The predicted molar refractivity (Wildman–Crippen MR) is 44.3 cm³/mol. The Morgan fingerprint density at radius 1 is 1.73 bits per heavy atom. The Bertz CT molecular complexity index is 191. The Hall–Kier alpha value is -0.710. The van der Waals surface area contributed by atoms with Gasteiger partial charge >= 0.3 is 0 Å². The van der Waals surface area contributed by atoms with Crippen LogP contribution < -0.4 is 5.43 Å². The molecule has 1 heterocycles. The second-order valence-corrected chi connectivity index (χ2v) is 3.29. The number of nitrogens with zero attached hydrogens (tertiary/aromatic N) is 1. The monoisotopic (exact) mass is 174 g/mol. The van der Waals surface area contributed by atoms with E-state index in [-0.39, 0.29) is 12.0 Å². The van der Waals surface area contributed by atoms with Gasteiger partial charge in [-0.05, 0) is 13.8 Å². The van der Waals surface area contributed by atoms with E-state index < -0.39 is 0 Å². The molecule has 0 aromatic rings. The first-order valence-electron chi connectivity index (χ1n) is 3.34. The van der Waals surface area contributed by atoms with E-state index in [0.717, 1.165) is 0 Å². The van der Waals surface area contributed by atoms with Gasteiger partial charge in [-0.3, -0.25) is 4.79 Å². The number of hydrogen-bond donors (Lipinski definition) is 1. The van der Waals surface area contributed by atoms with Gasteiger partial charge in [0, 0.05) is 0 Å². The van der Waals surface area contributed by atoms with Crippen LogP contribution in [0.1, 0.15) is 13.8 Å². The number of hydrogen-bond acceptors (Lipinski definition) is 4. The highest BCUT2D eigenvalue weighted by molar-refractivity contribution is 8.14. The van der Waals surface area contributed by atoms with Crippen molar-refractivity contribution in [3.05, 3.63) is 0 Å². The first-order chi connectivity index (χ1) is 5.18. The number of amides is 1. The summed E-state index contributed by atoms with van der Waals surface area (Å²) < 4.78 is 5.24. The predicted octanol–water partition coefficient (Wildman–Crippen LogP) is 0.545. The summed E-state index contributed by atoms with van der Waals surface area (Å²) >= 11 is 1.32. The van der Waals surface area contributed by atoms with Gasteiger partial charge in [0.1, 0.15) is 0 Å². The van der Waals surface area contributed by atoms with Crippen molar-refractivity contribution in [1.82, 2.24) is 5.43 Å². The van der Waals surface area contributed by atoms with Gasteiger partial charge in [-0.25, -0.2) is 5.43 Å². The molecule has 0 spiro atoms. The molecule has 0 fully saturated rings. The maximum absolute atomic E-state index is 10.6. The van der Waals surface area contributed by atoms with Crippen molar-refractivity contribution in [3.8, 4) is 0 Å². The van der Waals surface area contributed by atoms with Crippen LogP contribution in [-0.4, -0.2) is 23.0 Å². The molecule has 0 bridgehead atoms. The number of ether oxygens (including phenoxy) is 1. The highest BCUT2D eigenvalue weighted by atomic mass is 32.2. The van der Waals surface area contributed by atoms with Crippen molar-refractivity contribution >= 4 is 22.9 Å². The largest absolute Gasteiger partial charge is 0.469 e. The lowest BCUT2D eigenvalue weighted by atomic mass is 10.5. The topological polar surface area (TPSA) is 50.7 Å². The molecule has 5 heteroatoms. The van der Waals surface area contributed by atoms with Crippen LogP contribution in [0.4, 0.5) is 0 Å². The van der Waals surface area contributed by atoms with E-state index in [1.54, 1.807) is 0 Å². The molecule has 1 N–H and O–H groups in total. The van der Waals surface area contributed by atoms with Crippen LogP contribution in [0.25, 0.3) is 0 Å². The first-order valence-corrected chi connectivity index (χ1v) is 4.33. The van der Waals surface area contributed by atoms with E-state index in [1.807, 2.05) is 13.8 Å². The minimum Gasteiger partial charge on any atom is -0.469 e. The number of thioether (sulfide) groups is 1. The number of nitrogens with one attached hydrogen (secondary N) is 1. The lowest BCUT2D eigenvalue weighted by Gasteiger charge is -2.14. The normalized spacial score (nSPS) is 17.7. The molecule has 0 aliphatic carbocycles. The Kier molecular flexibility index (Phi) is 2.76. The molecule has 62 valence electrons. The van der Waals surface area contributed by atoms with Gasteiger partial charge in [0.05, 0.1) is 11.9 Å². The van der Waals surface area contributed by atoms with Crippen LogP contribution in [-0.2, 0) is 9.53 Å². The molecular weight excluding hydrogens is 164 g/mol. The number of carbonyl (C=O) groups excluding carboxylic acids is 1. The molecule has 1 aliphatic heterocycles. The molecule has 0 unspecified atom stereocenters. The average Bonchev–Trinajstić information content (AvgIpc) is 1.93. The fraction of sp³-hybridized carbons (Fsp3) is 0.667. The molecule has 11 heavy (non-hydrogen) atoms. The zero-order valence-electron chi connectivity index (χ0n) is 6.46. The standard InChI is InChI=1S/C6H10N2O2S/c1-4(2)10-6-8-7-5(9)3-11-6/h4H,3H2,1-2H3,(H,7,9). The summed E-state index contributed by atoms with van der Waals surface area (Å²) in [6, 6.07) is 0. The van der Waals surface area contributed by atoms with Crippen molar-refractivity contribution in [2.24, 2.45) is 5.10 Å². The second kappa shape index (κ2) is 3.61. The van der Waals surface area contributed by atoms with Gasteiger partial charge in [0.2, 0.25) is 0 Å². The van der Waals surface area contributed by atoms with E-state index >= 15 is 0 Å². The molecule has 0 aromatic heterocycles. The highest BCUT2D eigenvalue weighted by Gasteiger charge is 2.13. The third-order valence-electron chi connectivity index (χ3n) is 0.935. The molecule has 0 atom stereocenters. The molecular formula is C6H10N2O2S. The number of rotatable bonds is 1. The number of hydrazone groups is 1. The van der Waals surface area contributed by atoms with E-state index in [2.05, 4.69) is 10.5 Å².